The third kappa shape index (κ3) is 4.51. The van der Waals surface area contributed by atoms with E-state index in [0.29, 0.717) is 17.9 Å². The van der Waals surface area contributed by atoms with Crippen LogP contribution in [0.25, 0.3) is 0 Å². The van der Waals surface area contributed by atoms with Crippen molar-refractivity contribution in [1.82, 2.24) is 19.6 Å². The summed E-state index contributed by atoms with van der Waals surface area (Å²) in [6.45, 7) is 3.90. The van der Waals surface area contributed by atoms with Gasteiger partial charge in [0.1, 0.15) is 12.2 Å². The van der Waals surface area contributed by atoms with Gasteiger partial charge in [-0.2, -0.15) is 10.2 Å². The first kappa shape index (κ1) is 19.0. The van der Waals surface area contributed by atoms with Gasteiger partial charge in [0, 0.05) is 6.20 Å². The maximum absolute atomic E-state index is 12.8. The number of anilines is 1. The summed E-state index contributed by atoms with van der Waals surface area (Å²) >= 11 is 5.84. The fraction of sp³-hybridized carbons (Fsp3) is 0.278. The molecule has 2 heterocycles. The van der Waals surface area contributed by atoms with Crippen LogP contribution in [0.15, 0.2) is 36.7 Å². The smallest absolute Gasteiger partial charge is 0.283 e. The first-order chi connectivity index (χ1) is 12.8. The van der Waals surface area contributed by atoms with Crippen LogP contribution >= 0.6 is 11.6 Å². The van der Waals surface area contributed by atoms with Crippen molar-refractivity contribution in [2.75, 3.05) is 5.32 Å². The molecule has 3 rings (SSSR count). The van der Waals surface area contributed by atoms with Crippen molar-refractivity contribution in [2.24, 2.45) is 0 Å². The monoisotopic (exact) mass is 393 g/mol. The number of nitrogens with zero attached hydrogens (tertiary/aromatic N) is 4. The van der Waals surface area contributed by atoms with E-state index >= 15 is 0 Å². The highest BCUT2D eigenvalue weighted by Crippen LogP contribution is 2.28. The van der Waals surface area contributed by atoms with Crippen molar-refractivity contribution < 1.29 is 13.6 Å². The number of aromatic nitrogens is 4. The Morgan fingerprint density at radius 3 is 2.78 bits per heavy atom. The molecule has 0 aliphatic rings. The number of carbonyl (C=O) groups is 1. The van der Waals surface area contributed by atoms with Gasteiger partial charge in [0.2, 0.25) is 5.91 Å². The zero-order valence-electron chi connectivity index (χ0n) is 14.8. The van der Waals surface area contributed by atoms with Crippen LogP contribution in [0.1, 0.15) is 28.9 Å². The van der Waals surface area contributed by atoms with Gasteiger partial charge < -0.3 is 5.32 Å². The lowest BCUT2D eigenvalue weighted by molar-refractivity contribution is -0.117. The van der Waals surface area contributed by atoms with Crippen molar-refractivity contribution in [2.45, 2.75) is 33.4 Å². The lowest BCUT2D eigenvalue weighted by Crippen LogP contribution is -2.20. The predicted octanol–water partition coefficient (Wildman–Crippen LogP) is 3.97. The van der Waals surface area contributed by atoms with Gasteiger partial charge in [-0.3, -0.25) is 14.2 Å². The van der Waals surface area contributed by atoms with Crippen molar-refractivity contribution in [3.05, 3.63) is 64.2 Å². The van der Waals surface area contributed by atoms with Crippen LogP contribution in [-0.2, 0) is 17.9 Å². The van der Waals surface area contributed by atoms with Gasteiger partial charge in [-0.1, -0.05) is 41.4 Å². The van der Waals surface area contributed by atoms with Gasteiger partial charge >= 0.3 is 0 Å². The SMILES string of the molecule is Cc1cccc(Cn2cc(NC(=O)Cn3nc(C(F)F)c(Cl)c3C)cn2)c1. The van der Waals surface area contributed by atoms with E-state index in [9.17, 15) is 13.6 Å². The minimum Gasteiger partial charge on any atom is -0.322 e. The van der Waals surface area contributed by atoms with Crippen LogP contribution in [-0.4, -0.2) is 25.5 Å². The second kappa shape index (κ2) is 7.87. The molecule has 0 saturated heterocycles. The van der Waals surface area contributed by atoms with Crippen molar-refractivity contribution in [3.8, 4) is 0 Å². The topological polar surface area (TPSA) is 64.7 Å². The number of aryl methyl sites for hydroxylation is 1. The van der Waals surface area contributed by atoms with E-state index in [1.165, 1.54) is 13.1 Å². The van der Waals surface area contributed by atoms with Crippen LogP contribution in [0.3, 0.4) is 0 Å². The van der Waals surface area contributed by atoms with Gasteiger partial charge in [-0.15, -0.1) is 0 Å². The van der Waals surface area contributed by atoms with Crippen molar-refractivity contribution in [1.29, 1.82) is 0 Å². The molecule has 0 radical (unpaired) electrons. The predicted molar refractivity (Wildman–Crippen MR) is 98.1 cm³/mol. The molecule has 0 aliphatic heterocycles. The molecule has 0 spiro atoms. The van der Waals surface area contributed by atoms with E-state index in [1.54, 1.807) is 10.9 Å². The Labute approximate surface area is 159 Å². The van der Waals surface area contributed by atoms with Crippen LogP contribution in [0.5, 0.6) is 0 Å². The average Bonchev–Trinajstić information content (AvgIpc) is 3.14. The lowest BCUT2D eigenvalue weighted by Gasteiger charge is -2.05. The Kier molecular flexibility index (Phi) is 5.55. The van der Waals surface area contributed by atoms with Crippen LogP contribution in [0, 0.1) is 13.8 Å². The van der Waals surface area contributed by atoms with E-state index in [2.05, 4.69) is 21.6 Å². The highest BCUT2D eigenvalue weighted by molar-refractivity contribution is 6.31. The molecule has 0 bridgehead atoms. The summed E-state index contributed by atoms with van der Waals surface area (Å²) < 4.78 is 28.5. The van der Waals surface area contributed by atoms with E-state index in [1.807, 2.05) is 25.1 Å². The lowest BCUT2D eigenvalue weighted by atomic mass is 10.1. The molecule has 0 fully saturated rings. The molecule has 2 aromatic heterocycles. The average molecular weight is 394 g/mol. The Morgan fingerprint density at radius 2 is 2.11 bits per heavy atom. The van der Waals surface area contributed by atoms with Crippen molar-refractivity contribution in [3.63, 3.8) is 0 Å². The minimum atomic E-state index is -2.79. The first-order valence-corrected chi connectivity index (χ1v) is 8.60. The van der Waals surface area contributed by atoms with Gasteiger partial charge in [0.25, 0.3) is 6.43 Å². The summed E-state index contributed by atoms with van der Waals surface area (Å²) in [5.41, 5.74) is 2.56. The van der Waals surface area contributed by atoms with E-state index in [0.717, 1.165) is 15.8 Å². The number of halogens is 3. The minimum absolute atomic E-state index is 0.122. The third-order valence-corrected chi connectivity index (χ3v) is 4.47. The summed E-state index contributed by atoms with van der Waals surface area (Å²) in [7, 11) is 0. The normalized spacial score (nSPS) is 11.2. The van der Waals surface area contributed by atoms with Crippen LogP contribution in [0.2, 0.25) is 5.02 Å². The highest BCUT2D eigenvalue weighted by Gasteiger charge is 2.21. The fourth-order valence-corrected chi connectivity index (χ4v) is 2.91. The molecule has 0 atom stereocenters. The molecule has 0 unspecified atom stereocenters. The quantitative estimate of drug-likeness (QED) is 0.689. The number of hydrogen-bond donors (Lipinski definition) is 1. The third-order valence-electron chi connectivity index (χ3n) is 4.00. The molecular formula is C18H18ClF2N5O. The molecule has 1 amide bonds. The highest BCUT2D eigenvalue weighted by atomic mass is 35.5. The number of benzene rings is 1. The Hall–Kier alpha value is -2.74. The van der Waals surface area contributed by atoms with Gasteiger partial charge in [0.05, 0.1) is 29.1 Å². The maximum atomic E-state index is 12.8. The number of carbonyl (C=O) groups excluding carboxylic acids is 1. The van der Waals surface area contributed by atoms with Crippen molar-refractivity contribution >= 4 is 23.2 Å². The molecule has 142 valence electrons. The molecule has 6 nitrogen and oxygen atoms in total. The molecule has 1 aromatic carbocycles. The molecular weight excluding hydrogens is 376 g/mol. The van der Waals surface area contributed by atoms with E-state index in [4.69, 9.17) is 11.6 Å². The van der Waals surface area contributed by atoms with Gasteiger partial charge in [-0.25, -0.2) is 8.78 Å². The number of amides is 1. The summed E-state index contributed by atoms with van der Waals surface area (Å²) in [6.07, 6.45) is 0.440. The van der Waals surface area contributed by atoms with Gasteiger partial charge in [-0.05, 0) is 19.4 Å². The van der Waals surface area contributed by atoms with E-state index < -0.39 is 18.0 Å². The fourth-order valence-electron chi connectivity index (χ4n) is 2.69. The second-order valence-electron chi connectivity index (χ2n) is 6.21. The first-order valence-electron chi connectivity index (χ1n) is 8.22. The number of alkyl halides is 2. The summed E-state index contributed by atoms with van der Waals surface area (Å²) in [5.74, 6) is -0.409. The molecule has 1 N–H and O–H groups in total. The van der Waals surface area contributed by atoms with E-state index in [-0.39, 0.29) is 11.6 Å². The standard InChI is InChI=1S/C18H18ClF2N5O/c1-11-4-3-5-13(6-11)8-25-9-14(7-22-25)23-15(27)10-26-12(2)16(19)17(24-26)18(20)21/h3-7,9,18H,8,10H2,1-2H3,(H,23,27). The Morgan fingerprint density at radius 1 is 1.33 bits per heavy atom. The zero-order chi connectivity index (χ0) is 19.6. The largest absolute Gasteiger partial charge is 0.322 e. The molecule has 3 aromatic rings. The number of hydrogen-bond acceptors (Lipinski definition) is 3. The molecule has 27 heavy (non-hydrogen) atoms. The molecule has 0 saturated carbocycles. The molecule has 9 heteroatoms. The van der Waals surface area contributed by atoms with Crippen LogP contribution in [0.4, 0.5) is 14.5 Å². The molecule has 0 aliphatic carbocycles. The summed E-state index contributed by atoms with van der Waals surface area (Å²) in [6, 6.07) is 8.05. The van der Waals surface area contributed by atoms with Crippen LogP contribution < -0.4 is 5.32 Å². The Balaban J connectivity index is 1.64. The Bertz CT molecular complexity index is 967. The zero-order valence-corrected chi connectivity index (χ0v) is 15.5. The summed E-state index contributed by atoms with van der Waals surface area (Å²) in [4.78, 5) is 12.2. The second-order valence-corrected chi connectivity index (χ2v) is 6.58. The number of nitrogens with one attached hydrogen (secondary N) is 1. The number of rotatable bonds is 6. The summed E-state index contributed by atoms with van der Waals surface area (Å²) in [5, 5.41) is 10.5. The van der Waals surface area contributed by atoms with Gasteiger partial charge in [0.15, 0.2) is 0 Å². The maximum Gasteiger partial charge on any atom is 0.283 e.